The molecule has 8 heteroatoms. The summed E-state index contributed by atoms with van der Waals surface area (Å²) >= 11 is 1.54. The maximum atomic E-state index is 13.8. The van der Waals surface area contributed by atoms with E-state index in [4.69, 9.17) is 0 Å². The zero-order chi connectivity index (χ0) is 17.0. The SMILES string of the molecule is O=C(Nc1cn2cc(-c3cnc4ncsc4c3)ccc2n1)C1(F)CC1. The van der Waals surface area contributed by atoms with Gasteiger partial charge >= 0.3 is 0 Å². The zero-order valence-corrected chi connectivity index (χ0v) is 13.8. The van der Waals surface area contributed by atoms with Crippen molar-refractivity contribution >= 4 is 39.1 Å². The highest BCUT2D eigenvalue weighted by Gasteiger charge is 2.51. The van der Waals surface area contributed by atoms with Gasteiger partial charge in [0.2, 0.25) is 0 Å². The number of nitrogens with one attached hydrogen (secondary N) is 1. The van der Waals surface area contributed by atoms with Crippen LogP contribution < -0.4 is 5.32 Å². The van der Waals surface area contributed by atoms with E-state index in [9.17, 15) is 9.18 Å². The van der Waals surface area contributed by atoms with Crippen molar-refractivity contribution in [3.05, 3.63) is 42.3 Å². The second kappa shape index (κ2) is 5.06. The van der Waals surface area contributed by atoms with Crippen LogP contribution in [0.1, 0.15) is 12.8 Å². The van der Waals surface area contributed by atoms with Gasteiger partial charge in [-0.3, -0.25) is 4.79 Å². The first-order valence-corrected chi connectivity index (χ1v) is 8.67. The second-order valence-electron chi connectivity index (χ2n) is 6.13. The molecule has 4 heterocycles. The summed E-state index contributed by atoms with van der Waals surface area (Å²) in [7, 11) is 0. The van der Waals surface area contributed by atoms with Gasteiger partial charge in [-0.1, -0.05) is 0 Å². The number of thiazole rings is 1. The Morgan fingerprint density at radius 1 is 1.24 bits per heavy atom. The molecule has 0 spiro atoms. The van der Waals surface area contributed by atoms with Gasteiger partial charge in [-0.05, 0) is 31.0 Å². The van der Waals surface area contributed by atoms with E-state index in [0.29, 0.717) is 11.5 Å². The second-order valence-corrected chi connectivity index (χ2v) is 7.01. The van der Waals surface area contributed by atoms with Crippen LogP contribution in [0.25, 0.3) is 27.1 Å². The normalized spacial score (nSPS) is 15.6. The summed E-state index contributed by atoms with van der Waals surface area (Å²) in [5, 5.41) is 2.55. The van der Waals surface area contributed by atoms with Crippen molar-refractivity contribution in [3.63, 3.8) is 0 Å². The number of fused-ring (bicyclic) bond motifs is 2. The number of halogens is 1. The Kier molecular flexibility index (Phi) is 2.93. The van der Waals surface area contributed by atoms with Crippen molar-refractivity contribution in [1.29, 1.82) is 0 Å². The Morgan fingerprint density at radius 2 is 2.12 bits per heavy atom. The lowest BCUT2D eigenvalue weighted by Crippen LogP contribution is -2.25. The van der Waals surface area contributed by atoms with E-state index in [0.717, 1.165) is 21.5 Å². The number of imidazole rings is 1. The van der Waals surface area contributed by atoms with Crippen LogP contribution in [0, 0.1) is 0 Å². The third-order valence-corrected chi connectivity index (χ3v) is 5.07. The molecule has 5 rings (SSSR count). The standard InChI is InChI=1S/C17H12FN5OS/c18-17(3-4-17)16(24)22-13-8-23-7-10(1-2-14(23)21-13)11-5-12-15(19-6-11)20-9-25-12/h1-2,5-9H,3-4H2,(H,22,24). The molecule has 4 aromatic heterocycles. The van der Waals surface area contributed by atoms with Crippen molar-refractivity contribution in [2.45, 2.75) is 18.5 Å². The predicted molar refractivity (Wildman–Crippen MR) is 93.3 cm³/mol. The molecular weight excluding hydrogens is 341 g/mol. The van der Waals surface area contributed by atoms with Crippen LogP contribution in [0.3, 0.4) is 0 Å². The molecule has 0 aromatic carbocycles. The lowest BCUT2D eigenvalue weighted by Gasteiger charge is -2.03. The summed E-state index contributed by atoms with van der Waals surface area (Å²) in [6.45, 7) is 0. The molecule has 1 fully saturated rings. The van der Waals surface area contributed by atoms with Gasteiger partial charge in [-0.2, -0.15) is 0 Å². The van der Waals surface area contributed by atoms with E-state index in [1.807, 2.05) is 24.4 Å². The van der Waals surface area contributed by atoms with Crippen molar-refractivity contribution in [1.82, 2.24) is 19.4 Å². The molecular formula is C17H12FN5OS. The number of rotatable bonds is 3. The van der Waals surface area contributed by atoms with Gasteiger partial charge in [-0.25, -0.2) is 19.3 Å². The topological polar surface area (TPSA) is 72.2 Å². The van der Waals surface area contributed by atoms with Crippen molar-refractivity contribution in [2.24, 2.45) is 0 Å². The van der Waals surface area contributed by atoms with E-state index in [-0.39, 0.29) is 12.8 Å². The summed E-state index contributed by atoms with van der Waals surface area (Å²) in [6.07, 6.45) is 5.93. The molecule has 25 heavy (non-hydrogen) atoms. The Morgan fingerprint density at radius 3 is 2.96 bits per heavy atom. The van der Waals surface area contributed by atoms with E-state index in [2.05, 4.69) is 20.3 Å². The first kappa shape index (κ1) is 14.5. The molecule has 0 unspecified atom stereocenters. The summed E-state index contributed by atoms with van der Waals surface area (Å²) in [4.78, 5) is 24.7. The lowest BCUT2D eigenvalue weighted by atomic mass is 10.1. The number of aromatic nitrogens is 4. The molecule has 0 radical (unpaired) electrons. The first-order valence-electron chi connectivity index (χ1n) is 7.79. The van der Waals surface area contributed by atoms with Crippen LogP contribution in [0.4, 0.5) is 10.2 Å². The molecule has 0 saturated heterocycles. The minimum atomic E-state index is -1.71. The monoisotopic (exact) mass is 353 g/mol. The number of alkyl halides is 1. The third-order valence-electron chi connectivity index (χ3n) is 4.31. The summed E-state index contributed by atoms with van der Waals surface area (Å²) in [6, 6.07) is 5.83. The van der Waals surface area contributed by atoms with Gasteiger partial charge in [0, 0.05) is 23.5 Å². The molecule has 1 aliphatic carbocycles. The smallest absolute Gasteiger partial charge is 0.263 e. The van der Waals surface area contributed by atoms with Crippen LogP contribution in [-0.4, -0.2) is 30.9 Å². The number of pyridine rings is 2. The average Bonchev–Trinajstić information content (AvgIpc) is 3.05. The zero-order valence-electron chi connectivity index (χ0n) is 12.9. The minimum Gasteiger partial charge on any atom is -0.307 e. The van der Waals surface area contributed by atoms with Crippen LogP contribution in [0.2, 0.25) is 0 Å². The fourth-order valence-corrected chi connectivity index (χ4v) is 3.37. The van der Waals surface area contributed by atoms with Gasteiger partial charge in [0.05, 0.1) is 16.4 Å². The molecule has 0 atom stereocenters. The van der Waals surface area contributed by atoms with Gasteiger partial charge in [0.25, 0.3) is 5.91 Å². The van der Waals surface area contributed by atoms with E-state index >= 15 is 0 Å². The summed E-state index contributed by atoms with van der Waals surface area (Å²) in [5.41, 5.74) is 3.41. The van der Waals surface area contributed by atoms with Crippen LogP contribution in [-0.2, 0) is 4.79 Å². The molecule has 0 aliphatic heterocycles. The van der Waals surface area contributed by atoms with E-state index in [1.165, 1.54) is 0 Å². The largest absolute Gasteiger partial charge is 0.307 e. The fourth-order valence-electron chi connectivity index (χ4n) is 2.70. The maximum Gasteiger partial charge on any atom is 0.263 e. The number of anilines is 1. The highest BCUT2D eigenvalue weighted by molar-refractivity contribution is 7.16. The predicted octanol–water partition coefficient (Wildman–Crippen LogP) is 3.45. The average molecular weight is 353 g/mol. The maximum absolute atomic E-state index is 13.8. The molecule has 1 aliphatic rings. The Hall–Kier alpha value is -2.87. The van der Waals surface area contributed by atoms with Gasteiger partial charge in [-0.15, -0.1) is 11.3 Å². The number of hydrogen-bond donors (Lipinski definition) is 1. The number of carbonyl (C=O) groups excluding carboxylic acids is 1. The van der Waals surface area contributed by atoms with Gasteiger partial charge in [0.1, 0.15) is 5.65 Å². The molecule has 124 valence electrons. The molecule has 1 N–H and O–H groups in total. The van der Waals surface area contributed by atoms with Gasteiger partial charge < -0.3 is 9.72 Å². The molecule has 1 amide bonds. The lowest BCUT2D eigenvalue weighted by molar-refractivity contribution is -0.122. The molecule has 1 saturated carbocycles. The molecule has 4 aromatic rings. The van der Waals surface area contributed by atoms with Crippen LogP contribution in [0.15, 0.2) is 42.3 Å². The Labute approximate surface area is 145 Å². The number of nitrogens with zero attached hydrogens (tertiary/aromatic N) is 4. The van der Waals surface area contributed by atoms with Crippen molar-refractivity contribution in [2.75, 3.05) is 5.32 Å². The quantitative estimate of drug-likeness (QED) is 0.612. The van der Waals surface area contributed by atoms with Crippen molar-refractivity contribution in [3.8, 4) is 11.1 Å². The number of hydrogen-bond acceptors (Lipinski definition) is 5. The van der Waals surface area contributed by atoms with Crippen LogP contribution in [0.5, 0.6) is 0 Å². The number of carbonyl (C=O) groups is 1. The third kappa shape index (κ3) is 2.45. The summed E-state index contributed by atoms with van der Waals surface area (Å²) < 4.78 is 16.6. The van der Waals surface area contributed by atoms with E-state index < -0.39 is 11.6 Å². The fraction of sp³-hybridized carbons (Fsp3) is 0.176. The number of amides is 1. The minimum absolute atomic E-state index is 0.281. The molecule has 6 nitrogen and oxygen atoms in total. The Balaban J connectivity index is 1.49. The Bertz CT molecular complexity index is 1130. The van der Waals surface area contributed by atoms with Crippen LogP contribution >= 0.6 is 11.3 Å². The highest BCUT2D eigenvalue weighted by atomic mass is 32.1. The molecule has 0 bridgehead atoms. The van der Waals surface area contributed by atoms with Crippen molar-refractivity contribution < 1.29 is 9.18 Å². The van der Waals surface area contributed by atoms with E-state index in [1.54, 1.807) is 33.6 Å². The van der Waals surface area contributed by atoms with Gasteiger partial charge in [0.15, 0.2) is 17.1 Å². The summed E-state index contributed by atoms with van der Waals surface area (Å²) in [5.74, 6) is -0.266. The first-order chi connectivity index (χ1) is 12.1. The highest BCUT2D eigenvalue weighted by Crippen LogP contribution is 2.40.